The molecule has 0 saturated carbocycles. The molecule has 5 heteroatoms. The summed E-state index contributed by atoms with van der Waals surface area (Å²) < 4.78 is 4.30. The van der Waals surface area contributed by atoms with E-state index in [1.54, 1.807) is 12.2 Å². The average molecular weight is 198 g/mol. The van der Waals surface area contributed by atoms with Crippen molar-refractivity contribution in [3.05, 3.63) is 23.3 Å². The first-order valence-electron chi connectivity index (χ1n) is 3.56. The molecule has 0 saturated heterocycles. The van der Waals surface area contributed by atoms with E-state index >= 15 is 0 Å². The fourth-order valence-electron chi connectivity index (χ4n) is 1.14. The van der Waals surface area contributed by atoms with E-state index in [-0.39, 0.29) is 0 Å². The maximum Gasteiger partial charge on any atom is 0.441 e. The Labute approximate surface area is 78.5 Å². The molecule has 0 N–H and O–H groups in total. The Morgan fingerprint density at radius 3 is 3.00 bits per heavy atom. The second kappa shape index (κ2) is 2.81. The normalized spacial score (nSPS) is 26.1. The number of carbonyl (C=O) groups is 2. The first kappa shape index (κ1) is 8.19. The van der Waals surface area contributed by atoms with Crippen molar-refractivity contribution in [3.8, 4) is 0 Å². The molecule has 1 unspecified atom stereocenters. The molecular weight excluding hydrogens is 194 g/mol. The first-order chi connectivity index (χ1) is 6.16. The Hall–Kier alpha value is -1.42. The topological polar surface area (TPSA) is 55.7 Å². The summed E-state index contributed by atoms with van der Waals surface area (Å²) in [4.78, 5) is 25.3. The summed E-state index contributed by atoms with van der Waals surface area (Å²) in [6.07, 6.45) is 3.72. The fourth-order valence-corrected chi connectivity index (χ4v) is 1.33. The molecule has 66 valence electrons. The van der Waals surface area contributed by atoms with E-state index in [4.69, 9.17) is 11.6 Å². The highest BCUT2D eigenvalue weighted by Gasteiger charge is 2.31. The van der Waals surface area contributed by atoms with Crippen LogP contribution in [-0.4, -0.2) is 17.8 Å². The number of halogens is 1. The Morgan fingerprint density at radius 2 is 2.23 bits per heavy atom. The van der Waals surface area contributed by atoms with Gasteiger partial charge >= 0.3 is 12.1 Å². The van der Waals surface area contributed by atoms with Gasteiger partial charge in [0.2, 0.25) is 0 Å². The molecule has 1 amide bonds. The van der Waals surface area contributed by atoms with E-state index in [1.165, 1.54) is 6.08 Å². The zero-order valence-electron chi connectivity index (χ0n) is 6.36. The highest BCUT2D eigenvalue weighted by atomic mass is 35.5. The van der Waals surface area contributed by atoms with Crippen molar-refractivity contribution in [1.82, 2.24) is 0 Å². The lowest BCUT2D eigenvalue weighted by atomic mass is 9.98. The summed E-state index contributed by atoms with van der Waals surface area (Å²) in [5.74, 6) is -1.19. The Morgan fingerprint density at radius 1 is 1.46 bits per heavy atom. The molecular formula is C8H4ClNO3. The second-order valence-corrected chi connectivity index (χ2v) is 3.03. The number of hydrogen-bond acceptors (Lipinski definition) is 3. The molecule has 0 aromatic rings. The van der Waals surface area contributed by atoms with Crippen LogP contribution in [0.5, 0.6) is 0 Å². The zero-order chi connectivity index (χ0) is 9.42. The van der Waals surface area contributed by atoms with Gasteiger partial charge in [-0.25, -0.2) is 4.79 Å². The number of nitrogens with zero attached hydrogens (tertiary/aromatic N) is 1. The Kier molecular flexibility index (Phi) is 1.77. The molecule has 1 heterocycles. The largest absolute Gasteiger partial charge is 0.441 e. The van der Waals surface area contributed by atoms with Gasteiger partial charge in [-0.1, -0.05) is 17.7 Å². The van der Waals surface area contributed by atoms with E-state index in [9.17, 15) is 9.59 Å². The van der Waals surface area contributed by atoms with Crippen molar-refractivity contribution in [2.24, 2.45) is 10.9 Å². The lowest BCUT2D eigenvalue weighted by molar-refractivity contribution is -0.138. The minimum atomic E-state index is -0.882. The summed E-state index contributed by atoms with van der Waals surface area (Å²) in [5, 5.41) is 0.442. The molecule has 0 fully saturated rings. The molecule has 1 atom stereocenters. The van der Waals surface area contributed by atoms with E-state index in [2.05, 4.69) is 9.73 Å². The SMILES string of the molecule is O=C1N=C2C=C(Cl)C=CC2C(=O)O1. The van der Waals surface area contributed by atoms with Gasteiger partial charge in [0, 0.05) is 5.03 Å². The highest BCUT2D eigenvalue weighted by Crippen LogP contribution is 2.21. The number of aliphatic imine (C=N–C) groups is 1. The molecule has 0 aromatic carbocycles. The monoisotopic (exact) mass is 197 g/mol. The van der Waals surface area contributed by atoms with Gasteiger partial charge in [-0.05, 0) is 12.2 Å². The number of fused-ring (bicyclic) bond motifs is 1. The lowest BCUT2D eigenvalue weighted by Crippen LogP contribution is -2.31. The van der Waals surface area contributed by atoms with Crippen LogP contribution in [-0.2, 0) is 9.53 Å². The highest BCUT2D eigenvalue weighted by molar-refractivity contribution is 6.34. The van der Waals surface area contributed by atoms with Crippen molar-refractivity contribution in [2.45, 2.75) is 0 Å². The first-order valence-corrected chi connectivity index (χ1v) is 3.94. The summed E-state index contributed by atoms with van der Waals surface area (Å²) >= 11 is 5.66. The predicted octanol–water partition coefficient (Wildman–Crippen LogP) is 1.41. The van der Waals surface area contributed by atoms with E-state index in [0.717, 1.165) is 0 Å². The van der Waals surface area contributed by atoms with Crippen molar-refractivity contribution in [2.75, 3.05) is 0 Å². The van der Waals surface area contributed by atoms with Gasteiger partial charge in [-0.3, -0.25) is 4.79 Å². The molecule has 13 heavy (non-hydrogen) atoms. The van der Waals surface area contributed by atoms with Crippen LogP contribution in [0.1, 0.15) is 0 Å². The molecule has 0 spiro atoms. The molecule has 2 aliphatic rings. The van der Waals surface area contributed by atoms with Crippen LogP contribution < -0.4 is 0 Å². The number of amides is 1. The van der Waals surface area contributed by atoms with Gasteiger partial charge in [0.25, 0.3) is 0 Å². The molecule has 0 bridgehead atoms. The number of carbonyl (C=O) groups excluding carboxylic acids is 2. The molecule has 4 nitrogen and oxygen atoms in total. The number of hydrogen-bond donors (Lipinski definition) is 0. The summed E-state index contributed by atoms with van der Waals surface area (Å²) in [7, 11) is 0. The Bertz CT molecular complexity index is 381. The fraction of sp³-hybridized carbons (Fsp3) is 0.125. The van der Waals surface area contributed by atoms with Gasteiger partial charge < -0.3 is 4.74 Å². The molecule has 0 aromatic heterocycles. The third-order valence-corrected chi connectivity index (χ3v) is 1.95. The number of esters is 1. The number of ether oxygens (including phenoxy) is 1. The van der Waals surface area contributed by atoms with Crippen LogP contribution in [0, 0.1) is 5.92 Å². The average Bonchev–Trinajstić information content (AvgIpc) is 2.02. The minimum absolute atomic E-state index is 0.341. The van der Waals surface area contributed by atoms with Crippen LogP contribution in [0.2, 0.25) is 0 Å². The molecule has 2 rings (SSSR count). The third-order valence-electron chi connectivity index (χ3n) is 1.71. The third kappa shape index (κ3) is 1.40. The minimum Gasteiger partial charge on any atom is -0.374 e. The molecule has 1 aliphatic heterocycles. The van der Waals surface area contributed by atoms with Gasteiger partial charge in [-0.15, -0.1) is 0 Å². The maximum absolute atomic E-state index is 11.1. The van der Waals surface area contributed by atoms with Gasteiger partial charge in [0.15, 0.2) is 0 Å². The number of cyclic esters (lactones) is 2. The molecule has 0 radical (unpaired) electrons. The lowest BCUT2D eigenvalue weighted by Gasteiger charge is -2.17. The van der Waals surface area contributed by atoms with Crippen LogP contribution in [0.15, 0.2) is 28.3 Å². The van der Waals surface area contributed by atoms with Crippen molar-refractivity contribution in [3.63, 3.8) is 0 Å². The number of allylic oxidation sites excluding steroid dienone is 3. The second-order valence-electron chi connectivity index (χ2n) is 2.59. The number of rotatable bonds is 0. The van der Waals surface area contributed by atoms with E-state index in [1.807, 2.05) is 0 Å². The summed E-state index contributed by atoms with van der Waals surface area (Å²) in [5.41, 5.74) is 0.341. The van der Waals surface area contributed by atoms with Crippen LogP contribution in [0.25, 0.3) is 0 Å². The van der Waals surface area contributed by atoms with Gasteiger partial charge in [0.1, 0.15) is 5.92 Å². The van der Waals surface area contributed by atoms with Crippen LogP contribution in [0.3, 0.4) is 0 Å². The maximum atomic E-state index is 11.1. The van der Waals surface area contributed by atoms with Gasteiger partial charge in [0.05, 0.1) is 5.71 Å². The van der Waals surface area contributed by atoms with Crippen LogP contribution in [0.4, 0.5) is 4.79 Å². The predicted molar refractivity (Wildman–Crippen MR) is 45.5 cm³/mol. The smallest absolute Gasteiger partial charge is 0.374 e. The molecule has 1 aliphatic carbocycles. The van der Waals surface area contributed by atoms with E-state index < -0.39 is 18.0 Å². The van der Waals surface area contributed by atoms with Crippen molar-refractivity contribution >= 4 is 29.4 Å². The van der Waals surface area contributed by atoms with E-state index in [0.29, 0.717) is 10.7 Å². The van der Waals surface area contributed by atoms with Crippen LogP contribution >= 0.6 is 11.6 Å². The quantitative estimate of drug-likeness (QED) is 0.436. The van der Waals surface area contributed by atoms with Gasteiger partial charge in [-0.2, -0.15) is 4.99 Å². The zero-order valence-corrected chi connectivity index (χ0v) is 7.12. The summed E-state index contributed by atoms with van der Waals surface area (Å²) in [6.45, 7) is 0. The summed E-state index contributed by atoms with van der Waals surface area (Å²) in [6, 6.07) is 0. The van der Waals surface area contributed by atoms with Crippen molar-refractivity contribution < 1.29 is 14.3 Å². The van der Waals surface area contributed by atoms with Crippen molar-refractivity contribution in [1.29, 1.82) is 0 Å². The standard InChI is InChI=1S/C8H4ClNO3/c9-4-1-2-5-6(3-4)10-8(12)13-7(5)11/h1-3,5H. The Balaban J connectivity index is 2.44.